The molecule has 1 saturated heterocycles. The number of halogens is 2. The number of imidazole rings is 1. The summed E-state index contributed by atoms with van der Waals surface area (Å²) in [5.74, 6) is -2.04. The summed E-state index contributed by atoms with van der Waals surface area (Å²) in [6, 6.07) is 2.69. The van der Waals surface area contributed by atoms with Crippen molar-refractivity contribution in [2.75, 3.05) is 13.1 Å². The van der Waals surface area contributed by atoms with E-state index >= 15 is 0 Å². The van der Waals surface area contributed by atoms with Crippen molar-refractivity contribution in [3.8, 4) is 0 Å². The topological polar surface area (TPSA) is 55.2 Å². The van der Waals surface area contributed by atoms with Gasteiger partial charge < -0.3 is 4.57 Å². The monoisotopic (exact) mass is 341 g/mol. The fourth-order valence-electron chi connectivity index (χ4n) is 2.87. The molecule has 8 heteroatoms. The van der Waals surface area contributed by atoms with Gasteiger partial charge in [0.15, 0.2) is 11.6 Å². The Morgan fingerprint density at radius 1 is 1.26 bits per heavy atom. The Balaban J connectivity index is 1.77. The summed E-state index contributed by atoms with van der Waals surface area (Å²) in [7, 11) is -3.81. The van der Waals surface area contributed by atoms with Crippen molar-refractivity contribution in [3.63, 3.8) is 0 Å². The van der Waals surface area contributed by atoms with E-state index in [1.54, 1.807) is 12.5 Å². The number of rotatable bonds is 4. The number of sulfonamides is 1. The van der Waals surface area contributed by atoms with Crippen LogP contribution in [0.2, 0.25) is 0 Å². The second-order valence-electron chi connectivity index (χ2n) is 5.71. The van der Waals surface area contributed by atoms with E-state index in [1.807, 2.05) is 10.8 Å². The zero-order chi connectivity index (χ0) is 16.4. The van der Waals surface area contributed by atoms with Crippen LogP contribution in [0, 0.1) is 17.6 Å². The van der Waals surface area contributed by atoms with Crippen LogP contribution in [-0.4, -0.2) is 35.4 Å². The smallest absolute Gasteiger partial charge is 0.243 e. The Kier molecular flexibility index (Phi) is 4.45. The first-order chi connectivity index (χ1) is 11.0. The van der Waals surface area contributed by atoms with Crippen molar-refractivity contribution in [2.45, 2.75) is 24.3 Å². The third-order valence-corrected chi connectivity index (χ3v) is 5.90. The molecule has 0 bridgehead atoms. The highest BCUT2D eigenvalue weighted by Crippen LogP contribution is 2.25. The molecule has 0 saturated carbocycles. The first kappa shape index (κ1) is 16.1. The summed E-state index contributed by atoms with van der Waals surface area (Å²) in [5, 5.41) is 0. The third-order valence-electron chi connectivity index (χ3n) is 4.04. The van der Waals surface area contributed by atoms with E-state index in [0.717, 1.165) is 31.0 Å². The van der Waals surface area contributed by atoms with Gasteiger partial charge >= 0.3 is 0 Å². The number of aromatic nitrogens is 2. The van der Waals surface area contributed by atoms with Crippen molar-refractivity contribution in [2.24, 2.45) is 5.92 Å². The molecular formula is C15H17F2N3O2S. The highest BCUT2D eigenvalue weighted by Gasteiger charge is 2.30. The lowest BCUT2D eigenvalue weighted by molar-refractivity contribution is 0.245. The third kappa shape index (κ3) is 3.42. The first-order valence-electron chi connectivity index (χ1n) is 7.38. The van der Waals surface area contributed by atoms with Gasteiger partial charge in [-0.05, 0) is 37.0 Å². The second kappa shape index (κ2) is 6.37. The van der Waals surface area contributed by atoms with Crippen LogP contribution < -0.4 is 0 Å². The lowest BCUT2D eigenvalue weighted by Crippen LogP contribution is -2.41. The molecular weight excluding hydrogens is 324 g/mol. The van der Waals surface area contributed by atoms with E-state index in [2.05, 4.69) is 4.98 Å². The van der Waals surface area contributed by atoms with E-state index in [9.17, 15) is 17.2 Å². The largest absolute Gasteiger partial charge is 0.337 e. The maximum Gasteiger partial charge on any atom is 0.243 e. The Morgan fingerprint density at radius 2 is 2.09 bits per heavy atom. The molecule has 1 fully saturated rings. The van der Waals surface area contributed by atoms with Crippen LogP contribution in [0.5, 0.6) is 0 Å². The highest BCUT2D eigenvalue weighted by molar-refractivity contribution is 7.89. The lowest BCUT2D eigenvalue weighted by Gasteiger charge is -2.32. The molecule has 1 aliphatic heterocycles. The first-order valence-corrected chi connectivity index (χ1v) is 8.82. The highest BCUT2D eigenvalue weighted by atomic mass is 32.2. The molecule has 0 aliphatic carbocycles. The molecule has 1 atom stereocenters. The van der Waals surface area contributed by atoms with Gasteiger partial charge in [-0.3, -0.25) is 0 Å². The van der Waals surface area contributed by atoms with Gasteiger partial charge in [0, 0.05) is 32.0 Å². The van der Waals surface area contributed by atoms with Crippen molar-refractivity contribution >= 4 is 10.0 Å². The van der Waals surface area contributed by atoms with Gasteiger partial charge in [0.05, 0.1) is 11.2 Å². The molecule has 1 aliphatic rings. The Morgan fingerprint density at radius 3 is 2.78 bits per heavy atom. The quantitative estimate of drug-likeness (QED) is 0.857. The minimum Gasteiger partial charge on any atom is -0.337 e. The average molecular weight is 341 g/mol. The maximum atomic E-state index is 13.3. The molecule has 1 aromatic heterocycles. The van der Waals surface area contributed by atoms with E-state index in [0.29, 0.717) is 19.6 Å². The lowest BCUT2D eigenvalue weighted by atomic mass is 10.00. The number of nitrogens with zero attached hydrogens (tertiary/aromatic N) is 3. The minimum atomic E-state index is -3.81. The van der Waals surface area contributed by atoms with Crippen molar-refractivity contribution in [1.29, 1.82) is 0 Å². The van der Waals surface area contributed by atoms with Gasteiger partial charge in [-0.25, -0.2) is 22.2 Å². The van der Waals surface area contributed by atoms with E-state index in [1.165, 1.54) is 4.31 Å². The summed E-state index contributed by atoms with van der Waals surface area (Å²) in [6.45, 7) is 1.44. The van der Waals surface area contributed by atoms with Gasteiger partial charge in [0.1, 0.15) is 0 Å². The van der Waals surface area contributed by atoms with Crippen molar-refractivity contribution in [3.05, 3.63) is 48.6 Å². The minimum absolute atomic E-state index is 0.165. The summed E-state index contributed by atoms with van der Waals surface area (Å²) >= 11 is 0. The number of piperidine rings is 1. The fourth-order valence-corrected chi connectivity index (χ4v) is 4.44. The Hall–Kier alpha value is -1.80. The molecule has 1 aromatic carbocycles. The Labute approximate surface area is 133 Å². The van der Waals surface area contributed by atoms with Crippen LogP contribution in [0.15, 0.2) is 41.8 Å². The molecule has 124 valence electrons. The fraction of sp³-hybridized carbons (Fsp3) is 0.400. The molecule has 2 aromatic rings. The SMILES string of the molecule is O=S(=O)(c1ccc(F)c(F)c1)N1CCCC(Cn2ccnc2)C1. The predicted octanol–water partition coefficient (Wildman–Crippen LogP) is 2.26. The number of hydrogen-bond donors (Lipinski definition) is 0. The molecule has 3 rings (SSSR count). The molecule has 2 heterocycles. The zero-order valence-electron chi connectivity index (χ0n) is 12.4. The van der Waals surface area contributed by atoms with Crippen LogP contribution in [0.4, 0.5) is 8.78 Å². The number of benzene rings is 1. The standard InChI is InChI=1S/C15H17F2N3O2S/c16-14-4-3-13(8-15(14)17)23(21,22)20-6-1-2-12(10-20)9-19-7-5-18-11-19/h3-5,7-8,11-12H,1-2,6,9-10H2. The molecule has 0 spiro atoms. The number of hydrogen-bond acceptors (Lipinski definition) is 3. The van der Waals surface area contributed by atoms with Crippen LogP contribution in [0.1, 0.15) is 12.8 Å². The second-order valence-corrected chi connectivity index (χ2v) is 7.64. The summed E-state index contributed by atoms with van der Waals surface area (Å²) in [4.78, 5) is 3.77. The van der Waals surface area contributed by atoms with E-state index < -0.39 is 21.7 Å². The van der Waals surface area contributed by atoms with Gasteiger partial charge in [-0.1, -0.05) is 0 Å². The zero-order valence-corrected chi connectivity index (χ0v) is 13.2. The molecule has 23 heavy (non-hydrogen) atoms. The van der Waals surface area contributed by atoms with Gasteiger partial charge in [-0.2, -0.15) is 4.31 Å². The van der Waals surface area contributed by atoms with E-state index in [4.69, 9.17) is 0 Å². The van der Waals surface area contributed by atoms with Crippen LogP contribution in [0.25, 0.3) is 0 Å². The van der Waals surface area contributed by atoms with Gasteiger partial charge in [0.25, 0.3) is 0 Å². The normalized spacial score (nSPS) is 19.8. The van der Waals surface area contributed by atoms with Gasteiger partial charge in [0.2, 0.25) is 10.0 Å². The predicted molar refractivity (Wildman–Crippen MR) is 80.1 cm³/mol. The van der Waals surface area contributed by atoms with E-state index in [-0.39, 0.29) is 10.8 Å². The van der Waals surface area contributed by atoms with Crippen LogP contribution in [0.3, 0.4) is 0 Å². The molecule has 1 unspecified atom stereocenters. The Bertz CT molecular complexity index is 778. The van der Waals surface area contributed by atoms with Crippen LogP contribution in [-0.2, 0) is 16.6 Å². The summed E-state index contributed by atoms with van der Waals surface area (Å²) in [5.41, 5.74) is 0. The molecule has 0 N–H and O–H groups in total. The van der Waals surface area contributed by atoms with Crippen LogP contribution >= 0.6 is 0 Å². The van der Waals surface area contributed by atoms with Gasteiger partial charge in [-0.15, -0.1) is 0 Å². The van der Waals surface area contributed by atoms with Crippen molar-refractivity contribution in [1.82, 2.24) is 13.9 Å². The van der Waals surface area contributed by atoms with Crippen molar-refractivity contribution < 1.29 is 17.2 Å². The summed E-state index contributed by atoms with van der Waals surface area (Å²) < 4.78 is 54.8. The summed E-state index contributed by atoms with van der Waals surface area (Å²) in [6.07, 6.45) is 6.87. The molecule has 0 radical (unpaired) electrons. The molecule has 0 amide bonds. The molecule has 5 nitrogen and oxygen atoms in total. The maximum absolute atomic E-state index is 13.3. The average Bonchev–Trinajstić information content (AvgIpc) is 3.03.